The molecule has 0 rings (SSSR count). The summed E-state index contributed by atoms with van der Waals surface area (Å²) in [5.41, 5.74) is 6.95. The van der Waals surface area contributed by atoms with Crippen molar-refractivity contribution >= 4 is 19.4 Å². The van der Waals surface area contributed by atoms with Crippen LogP contribution in [0.1, 0.15) is 27.7 Å². The molecule has 0 amide bonds. The average molecular weight is 375 g/mol. The van der Waals surface area contributed by atoms with Gasteiger partial charge >= 0.3 is 34.5 Å². The summed E-state index contributed by atoms with van der Waals surface area (Å²) in [5.74, 6) is 0.338. The first-order chi connectivity index (χ1) is 8.52. The monoisotopic (exact) mass is 372 g/mol. The fourth-order valence-corrected chi connectivity index (χ4v) is 0.659. The molecule has 0 saturated carbocycles. The molecule has 0 aromatic carbocycles. The zero-order chi connectivity index (χ0) is 16.2. The molecule has 0 fully saturated rings. The van der Waals surface area contributed by atoms with Crippen molar-refractivity contribution in [1.82, 2.24) is 0 Å². The Hall–Kier alpha value is 0.963. The number of hydrogen-bond donors (Lipinski definition) is 4. The molecule has 0 saturated heterocycles. The van der Waals surface area contributed by atoms with Gasteiger partial charge in [-0.15, -0.1) is 0 Å². The summed E-state index contributed by atoms with van der Waals surface area (Å²) in [6.45, 7) is 7.44. The molecule has 4 unspecified atom stereocenters. The van der Waals surface area contributed by atoms with Crippen LogP contribution in [0.15, 0.2) is 0 Å². The number of rotatable bonds is 4. The van der Waals surface area contributed by atoms with E-state index < -0.39 is 27.7 Å². The Morgan fingerprint density at radius 1 is 0.842 bits per heavy atom. The minimum absolute atomic E-state index is 0.169. The third kappa shape index (κ3) is 19.0. The van der Waals surface area contributed by atoms with Crippen molar-refractivity contribution in [3.63, 3.8) is 0 Å². The molecular weight excluding hydrogens is 348 g/mol. The molecule has 0 aliphatic carbocycles. The van der Waals surface area contributed by atoms with Crippen molar-refractivity contribution in [1.29, 1.82) is 0 Å². The molecule has 6 nitrogen and oxygen atoms in total. The van der Waals surface area contributed by atoms with Crippen LogP contribution in [-0.2, 0) is 15.1 Å². The van der Waals surface area contributed by atoms with Crippen molar-refractivity contribution in [3.8, 4) is 0 Å². The van der Waals surface area contributed by atoms with Crippen LogP contribution in [0.5, 0.6) is 0 Å². The molecule has 0 radical (unpaired) electrons. The van der Waals surface area contributed by atoms with Gasteiger partial charge in [0.25, 0.3) is 0 Å². The Morgan fingerprint density at radius 2 is 1.00 bits per heavy atom. The summed E-state index contributed by atoms with van der Waals surface area (Å²) in [4.78, 5) is 0. The second-order valence-electron chi connectivity index (χ2n) is 4.70. The van der Waals surface area contributed by atoms with Gasteiger partial charge in [0.15, 0.2) is 0 Å². The molecule has 19 heavy (non-hydrogen) atoms. The Balaban J connectivity index is -0.000000224. The van der Waals surface area contributed by atoms with Gasteiger partial charge in [-0.2, -0.15) is 0 Å². The van der Waals surface area contributed by atoms with E-state index in [0.717, 1.165) is 0 Å². The third-order valence-corrected chi connectivity index (χ3v) is 2.45. The van der Waals surface area contributed by atoms with Crippen LogP contribution >= 0.6 is 19.4 Å². The maximum absolute atomic E-state index is 10.2. The van der Waals surface area contributed by atoms with E-state index in [1.807, 2.05) is 27.7 Å². The third-order valence-electron chi connectivity index (χ3n) is 2.45. The molecule has 9 heteroatoms. The predicted octanol–water partition coefficient (Wildman–Crippen LogP) is -2.76. The summed E-state index contributed by atoms with van der Waals surface area (Å²) >= 11 is -0.931. The van der Waals surface area contributed by atoms with Crippen molar-refractivity contribution in [2.24, 2.45) is 11.8 Å². The molecule has 0 aromatic heterocycles. The van der Waals surface area contributed by atoms with Gasteiger partial charge in [0.1, 0.15) is 0 Å². The predicted molar refractivity (Wildman–Crippen MR) is 66.7 cm³/mol. The quantitative estimate of drug-likeness (QED) is 0.312. The average Bonchev–Trinajstić information content (AvgIpc) is 2.28. The van der Waals surface area contributed by atoms with Gasteiger partial charge in [-0.25, -0.2) is 0 Å². The van der Waals surface area contributed by atoms with Crippen LogP contribution in [0.4, 0.5) is 0 Å². The number of hydrogen-bond acceptors (Lipinski definition) is 4. The number of aliphatic hydroxyl groups is 2. The maximum atomic E-state index is 10.2. The molecule has 0 aliphatic heterocycles. The first-order valence-electron chi connectivity index (χ1n) is 5.98. The second-order valence-corrected chi connectivity index (χ2v) is 9.32. The van der Waals surface area contributed by atoms with Crippen molar-refractivity contribution in [3.05, 3.63) is 0 Å². The van der Waals surface area contributed by atoms with Gasteiger partial charge in [0.05, 0.1) is 12.1 Å². The Morgan fingerprint density at radius 3 is 1.00 bits per heavy atom. The molecule has 116 valence electrons. The second kappa shape index (κ2) is 15.4. The van der Waals surface area contributed by atoms with Crippen LogP contribution in [0.3, 0.4) is 0 Å². The van der Waals surface area contributed by atoms with E-state index in [9.17, 15) is 10.2 Å². The van der Waals surface area contributed by atoms with Crippen molar-refractivity contribution in [2.75, 3.05) is 0 Å². The molecule has 0 aromatic rings. The van der Waals surface area contributed by atoms with E-state index in [2.05, 4.69) is 11.5 Å². The van der Waals surface area contributed by atoms with Gasteiger partial charge in [-0.1, -0.05) is 27.7 Å². The minimum atomic E-state index is -1.52. The van der Waals surface area contributed by atoms with Crippen LogP contribution in [0.2, 0.25) is 0 Å². The summed E-state index contributed by atoms with van der Waals surface area (Å²) in [5, 5.41) is 37.1. The van der Waals surface area contributed by atoms with Crippen molar-refractivity contribution in [2.45, 2.75) is 52.4 Å². The van der Waals surface area contributed by atoms with Crippen LogP contribution in [-0.4, -0.2) is 34.9 Å². The number of aliphatic hydroxyl groups excluding tert-OH is 2. The summed E-state index contributed by atoms with van der Waals surface area (Å²) in [6, 6.07) is -0.759. The molecule has 8 N–H and O–H groups in total. The van der Waals surface area contributed by atoms with Crippen LogP contribution in [0, 0.1) is 11.8 Å². The number of quaternary nitrogens is 2. The van der Waals surface area contributed by atoms with Gasteiger partial charge in [-0.05, 0) is 0 Å². The summed E-state index contributed by atoms with van der Waals surface area (Å²) < 4.78 is 0. The standard InChI is InChI=1S/2C5H12NO2.2ClH.Zn/c2*1-3(2)4(6)5(7)8;;;/h2*3-5,7H,6H2,1-2H3;2*1H;/q2*-1;;;+2. The van der Waals surface area contributed by atoms with Gasteiger partial charge < -0.3 is 31.9 Å². The molecule has 0 aliphatic rings. The van der Waals surface area contributed by atoms with E-state index in [0.29, 0.717) is 0 Å². The molecule has 4 atom stereocenters. The van der Waals surface area contributed by atoms with Crippen molar-refractivity contribution < 1.29 is 47.0 Å². The molecule has 0 heterocycles. The van der Waals surface area contributed by atoms with Gasteiger partial charge in [0.2, 0.25) is 0 Å². The summed E-state index contributed by atoms with van der Waals surface area (Å²) in [6.07, 6.45) is -3.04. The molecular formula is C10H26Cl2N2O4Zn. The molecule has 0 spiro atoms. The first kappa shape index (κ1) is 24.9. The topological polar surface area (TPSA) is 142 Å². The summed E-state index contributed by atoms with van der Waals surface area (Å²) in [7, 11) is 9.90. The van der Waals surface area contributed by atoms with E-state index in [1.165, 1.54) is 0 Å². The Bertz CT molecular complexity index is 155. The fourth-order valence-electron chi connectivity index (χ4n) is 0.659. The van der Waals surface area contributed by atoms with E-state index in [-0.39, 0.29) is 23.9 Å². The fraction of sp³-hybridized carbons (Fsp3) is 1.00. The van der Waals surface area contributed by atoms with Gasteiger partial charge in [0, 0.05) is 24.4 Å². The SMILES string of the molecule is CC(C)C([NH3+])C([O-])O.CC(C)C([NH3+])C([O-])O.[Cl][Zn][Cl]. The zero-order valence-electron chi connectivity index (χ0n) is 12.1. The first-order valence-corrected chi connectivity index (χ1v) is 13.8. The van der Waals surface area contributed by atoms with Crippen LogP contribution < -0.4 is 21.7 Å². The Kier molecular flexibility index (Phi) is 20.2. The van der Waals surface area contributed by atoms with E-state index >= 15 is 0 Å². The number of halogens is 2. The van der Waals surface area contributed by atoms with E-state index in [4.69, 9.17) is 29.6 Å². The molecule has 0 bridgehead atoms. The Labute approximate surface area is 130 Å². The normalized spacial score (nSPS) is 16.3. The van der Waals surface area contributed by atoms with Crippen LogP contribution in [0.25, 0.3) is 0 Å². The zero-order valence-corrected chi connectivity index (χ0v) is 16.5. The van der Waals surface area contributed by atoms with Gasteiger partial charge in [-0.3, -0.25) is 0 Å². The van der Waals surface area contributed by atoms with E-state index in [1.54, 1.807) is 0 Å².